The zero-order valence-electron chi connectivity index (χ0n) is 14.5. The Morgan fingerprint density at radius 1 is 1.35 bits per heavy atom. The van der Waals surface area contributed by atoms with Crippen LogP contribution in [0, 0.1) is 11.7 Å². The summed E-state index contributed by atoms with van der Waals surface area (Å²) in [4.78, 5) is 31.8. The van der Waals surface area contributed by atoms with E-state index >= 15 is 0 Å². The van der Waals surface area contributed by atoms with Crippen molar-refractivity contribution in [3.05, 3.63) is 28.8 Å². The first-order valence-electron chi connectivity index (χ1n) is 9.09. The first kappa shape index (κ1) is 17.5. The van der Waals surface area contributed by atoms with E-state index in [0.29, 0.717) is 55.7 Å². The van der Waals surface area contributed by atoms with Crippen LogP contribution in [0.1, 0.15) is 31.4 Å². The van der Waals surface area contributed by atoms with Gasteiger partial charge in [-0.05, 0) is 37.7 Å². The van der Waals surface area contributed by atoms with Gasteiger partial charge >= 0.3 is 6.03 Å². The van der Waals surface area contributed by atoms with Crippen LogP contribution in [0.3, 0.4) is 0 Å². The molecule has 3 aliphatic rings. The highest BCUT2D eigenvalue weighted by molar-refractivity contribution is 6.30. The van der Waals surface area contributed by atoms with Crippen molar-refractivity contribution in [1.29, 1.82) is 0 Å². The number of piperidine rings is 1. The van der Waals surface area contributed by atoms with E-state index in [9.17, 15) is 14.0 Å². The molecule has 26 heavy (non-hydrogen) atoms. The third kappa shape index (κ3) is 3.37. The van der Waals surface area contributed by atoms with Crippen LogP contribution in [0.25, 0.3) is 0 Å². The summed E-state index contributed by atoms with van der Waals surface area (Å²) < 4.78 is 13.9. The van der Waals surface area contributed by atoms with E-state index in [1.807, 2.05) is 9.80 Å². The summed E-state index contributed by atoms with van der Waals surface area (Å²) in [6.45, 7) is 2.57. The number of likely N-dealkylation sites (tertiary alicyclic amines) is 2. The molecular formula is C18H22ClFN4O2. The van der Waals surface area contributed by atoms with Crippen LogP contribution in [0.5, 0.6) is 0 Å². The van der Waals surface area contributed by atoms with Gasteiger partial charge in [-0.2, -0.15) is 0 Å². The number of rotatable bonds is 2. The lowest BCUT2D eigenvalue weighted by Crippen LogP contribution is -2.70. The zero-order valence-corrected chi connectivity index (χ0v) is 15.3. The number of halogens is 2. The second-order valence-electron chi connectivity index (χ2n) is 7.68. The average molecular weight is 381 g/mol. The molecule has 0 aliphatic carbocycles. The largest absolute Gasteiger partial charge is 0.347 e. The Labute approximate surface area is 156 Å². The number of hydrogen-bond donors (Lipinski definition) is 1. The quantitative estimate of drug-likeness (QED) is 0.855. The highest BCUT2D eigenvalue weighted by atomic mass is 35.5. The lowest BCUT2D eigenvalue weighted by atomic mass is 9.88. The minimum atomic E-state index is -0.361. The van der Waals surface area contributed by atoms with Gasteiger partial charge in [0.1, 0.15) is 5.82 Å². The summed E-state index contributed by atoms with van der Waals surface area (Å²) in [6, 6.07) is 1.34. The van der Waals surface area contributed by atoms with Gasteiger partial charge in [0.05, 0.1) is 16.3 Å². The molecule has 4 heterocycles. The highest BCUT2D eigenvalue weighted by Crippen LogP contribution is 2.32. The lowest BCUT2D eigenvalue weighted by Gasteiger charge is -2.49. The molecule has 1 spiro atoms. The van der Waals surface area contributed by atoms with Crippen molar-refractivity contribution in [3.8, 4) is 0 Å². The number of urea groups is 1. The maximum absolute atomic E-state index is 13.9. The molecular weight excluding hydrogens is 359 g/mol. The fourth-order valence-corrected chi connectivity index (χ4v) is 4.37. The first-order valence-corrected chi connectivity index (χ1v) is 9.47. The van der Waals surface area contributed by atoms with Gasteiger partial charge < -0.3 is 15.1 Å². The van der Waals surface area contributed by atoms with Crippen LogP contribution in [0.4, 0.5) is 9.18 Å². The second kappa shape index (κ2) is 6.68. The molecule has 0 aromatic carbocycles. The zero-order chi connectivity index (χ0) is 18.3. The van der Waals surface area contributed by atoms with Gasteiger partial charge in [-0.25, -0.2) is 9.18 Å². The molecule has 3 aliphatic heterocycles. The van der Waals surface area contributed by atoms with Crippen molar-refractivity contribution >= 4 is 23.5 Å². The number of hydrogen-bond acceptors (Lipinski definition) is 3. The summed E-state index contributed by atoms with van der Waals surface area (Å²) in [7, 11) is 0. The van der Waals surface area contributed by atoms with Crippen molar-refractivity contribution in [2.45, 2.75) is 37.6 Å². The second-order valence-corrected chi connectivity index (χ2v) is 8.12. The van der Waals surface area contributed by atoms with E-state index < -0.39 is 0 Å². The summed E-state index contributed by atoms with van der Waals surface area (Å²) in [6.07, 6.45) is 5.10. The summed E-state index contributed by atoms with van der Waals surface area (Å²) in [5.41, 5.74) is 0.267. The third-order valence-corrected chi connectivity index (χ3v) is 5.95. The van der Waals surface area contributed by atoms with Crippen LogP contribution in [-0.2, 0) is 11.2 Å². The van der Waals surface area contributed by atoms with E-state index in [0.717, 1.165) is 19.3 Å². The molecule has 140 valence electrons. The van der Waals surface area contributed by atoms with Gasteiger partial charge in [-0.3, -0.25) is 9.78 Å². The van der Waals surface area contributed by atoms with Crippen LogP contribution < -0.4 is 5.32 Å². The Balaban J connectivity index is 1.26. The molecule has 3 saturated heterocycles. The molecule has 6 nitrogen and oxygen atoms in total. The monoisotopic (exact) mass is 380 g/mol. The number of carbonyl (C=O) groups excluding carboxylic acids is 2. The Morgan fingerprint density at radius 2 is 2.08 bits per heavy atom. The smallest absolute Gasteiger partial charge is 0.320 e. The number of pyridine rings is 1. The molecule has 0 atom stereocenters. The van der Waals surface area contributed by atoms with Gasteiger partial charge in [0.25, 0.3) is 0 Å². The van der Waals surface area contributed by atoms with Gasteiger partial charge in [0, 0.05) is 38.8 Å². The van der Waals surface area contributed by atoms with Crippen molar-refractivity contribution in [1.82, 2.24) is 20.1 Å². The van der Waals surface area contributed by atoms with E-state index in [2.05, 4.69) is 10.3 Å². The number of amides is 3. The number of carbonyl (C=O) groups is 2. The molecule has 3 fully saturated rings. The first-order chi connectivity index (χ1) is 12.4. The molecule has 3 amide bonds. The van der Waals surface area contributed by atoms with Crippen LogP contribution in [0.15, 0.2) is 12.3 Å². The molecule has 1 N–H and O–H groups in total. The van der Waals surface area contributed by atoms with Gasteiger partial charge in [0.15, 0.2) is 0 Å². The number of aromatic nitrogens is 1. The fourth-order valence-electron chi connectivity index (χ4n) is 4.23. The fraction of sp³-hybridized carbons (Fsp3) is 0.611. The van der Waals surface area contributed by atoms with E-state index in [1.165, 1.54) is 12.3 Å². The van der Waals surface area contributed by atoms with Crippen LogP contribution in [-0.4, -0.2) is 58.4 Å². The van der Waals surface area contributed by atoms with Crippen molar-refractivity contribution in [2.24, 2.45) is 5.92 Å². The minimum Gasteiger partial charge on any atom is -0.347 e. The molecule has 4 rings (SSSR count). The Kier molecular flexibility index (Phi) is 4.50. The van der Waals surface area contributed by atoms with E-state index in [1.54, 1.807) is 0 Å². The maximum atomic E-state index is 13.9. The summed E-state index contributed by atoms with van der Waals surface area (Å²) >= 11 is 5.74. The average Bonchev–Trinajstić information content (AvgIpc) is 2.98. The normalized spacial score (nSPS) is 22.5. The molecule has 0 unspecified atom stereocenters. The standard InChI is InChI=1S/C18H22ClFN4O2/c19-13-8-14(20)15(21-9-13)7-12-2-5-23(6-3-12)17(26)24-10-18(11-24)4-1-16(25)22-18/h8-9,12H,1-7,10-11H2,(H,22,25). The van der Waals surface area contributed by atoms with Gasteiger partial charge in [-0.15, -0.1) is 0 Å². The third-order valence-electron chi connectivity index (χ3n) is 5.74. The van der Waals surface area contributed by atoms with Crippen molar-refractivity contribution < 1.29 is 14.0 Å². The summed E-state index contributed by atoms with van der Waals surface area (Å²) in [5.74, 6) is 0.0422. The molecule has 1 aromatic rings. The molecule has 8 heteroatoms. The summed E-state index contributed by atoms with van der Waals surface area (Å²) in [5, 5.41) is 3.30. The SMILES string of the molecule is O=C1CCC2(CN(C(=O)N3CCC(Cc4ncc(Cl)cc4F)CC3)C2)N1. The Morgan fingerprint density at radius 3 is 2.69 bits per heavy atom. The van der Waals surface area contributed by atoms with E-state index in [4.69, 9.17) is 11.6 Å². The van der Waals surface area contributed by atoms with Crippen LogP contribution >= 0.6 is 11.6 Å². The van der Waals surface area contributed by atoms with Gasteiger partial charge in [0.2, 0.25) is 5.91 Å². The minimum absolute atomic E-state index is 0.0472. The Bertz CT molecular complexity index is 730. The molecule has 0 saturated carbocycles. The van der Waals surface area contributed by atoms with Crippen LogP contribution in [0.2, 0.25) is 5.02 Å². The highest BCUT2D eigenvalue weighted by Gasteiger charge is 2.50. The topological polar surface area (TPSA) is 65.5 Å². The predicted molar refractivity (Wildman–Crippen MR) is 94.3 cm³/mol. The van der Waals surface area contributed by atoms with Crippen molar-refractivity contribution in [2.75, 3.05) is 26.2 Å². The van der Waals surface area contributed by atoms with E-state index in [-0.39, 0.29) is 23.3 Å². The number of nitrogens with zero attached hydrogens (tertiary/aromatic N) is 3. The molecule has 0 radical (unpaired) electrons. The molecule has 0 bridgehead atoms. The predicted octanol–water partition coefficient (Wildman–Crippen LogP) is 2.21. The number of nitrogens with one attached hydrogen (secondary N) is 1. The maximum Gasteiger partial charge on any atom is 0.320 e. The van der Waals surface area contributed by atoms with Gasteiger partial charge in [-0.1, -0.05) is 11.6 Å². The lowest BCUT2D eigenvalue weighted by molar-refractivity contribution is -0.120. The molecule has 1 aromatic heterocycles. The Hall–Kier alpha value is -1.89. The van der Waals surface area contributed by atoms with Crippen molar-refractivity contribution in [3.63, 3.8) is 0 Å².